The molecule has 0 radical (unpaired) electrons. The van der Waals surface area contributed by atoms with Crippen molar-refractivity contribution in [2.24, 2.45) is 5.92 Å². The van der Waals surface area contributed by atoms with Gasteiger partial charge in [0.25, 0.3) is 0 Å². The lowest BCUT2D eigenvalue weighted by atomic mass is 10.1. The molecule has 0 saturated heterocycles. The predicted molar refractivity (Wildman–Crippen MR) is 81.1 cm³/mol. The molecule has 0 bridgehead atoms. The fraction of sp³-hybridized carbons (Fsp3) is 0.429. The summed E-state index contributed by atoms with van der Waals surface area (Å²) in [6.45, 7) is 5.38. The molecular formula is C14H19ClN4O. The maximum absolute atomic E-state index is 11.7. The third-order valence-electron chi connectivity index (χ3n) is 2.95. The molecule has 20 heavy (non-hydrogen) atoms. The summed E-state index contributed by atoms with van der Waals surface area (Å²) in [6, 6.07) is 7.40. The number of hydrogen-bond acceptors (Lipinski definition) is 3. The van der Waals surface area contributed by atoms with E-state index in [2.05, 4.69) is 29.2 Å². The van der Waals surface area contributed by atoms with Crippen LogP contribution in [0.1, 0.15) is 26.1 Å². The van der Waals surface area contributed by atoms with E-state index in [1.165, 1.54) is 4.68 Å². The van der Waals surface area contributed by atoms with Gasteiger partial charge in [-0.1, -0.05) is 25.4 Å². The summed E-state index contributed by atoms with van der Waals surface area (Å²) < 4.78 is 1.48. The Hall–Kier alpha value is -1.75. The molecule has 0 atom stereocenters. The van der Waals surface area contributed by atoms with Gasteiger partial charge in [0.1, 0.15) is 5.82 Å². The van der Waals surface area contributed by atoms with E-state index in [9.17, 15) is 4.79 Å². The van der Waals surface area contributed by atoms with E-state index in [1.807, 2.05) is 24.3 Å². The van der Waals surface area contributed by atoms with Crippen LogP contribution in [0, 0.1) is 5.92 Å². The predicted octanol–water partition coefficient (Wildman–Crippen LogP) is 2.88. The molecule has 0 saturated carbocycles. The Labute approximate surface area is 123 Å². The van der Waals surface area contributed by atoms with E-state index < -0.39 is 0 Å². The van der Waals surface area contributed by atoms with Gasteiger partial charge in [-0.2, -0.15) is 5.10 Å². The Morgan fingerprint density at radius 1 is 1.35 bits per heavy atom. The van der Waals surface area contributed by atoms with Crippen molar-refractivity contribution in [1.29, 1.82) is 0 Å². The molecule has 0 amide bonds. The van der Waals surface area contributed by atoms with E-state index in [0.29, 0.717) is 29.9 Å². The highest BCUT2D eigenvalue weighted by Gasteiger charge is 2.05. The highest BCUT2D eigenvalue weighted by atomic mass is 35.5. The van der Waals surface area contributed by atoms with Crippen molar-refractivity contribution in [2.45, 2.75) is 33.4 Å². The summed E-state index contributed by atoms with van der Waals surface area (Å²) in [5.74, 6) is 1.18. The molecule has 0 fully saturated rings. The summed E-state index contributed by atoms with van der Waals surface area (Å²) in [5.41, 5.74) is 0.783. The minimum absolute atomic E-state index is 0.154. The third kappa shape index (κ3) is 4.13. The van der Waals surface area contributed by atoms with Gasteiger partial charge in [0.2, 0.25) is 0 Å². The lowest BCUT2D eigenvalue weighted by Crippen LogP contribution is -2.18. The summed E-state index contributed by atoms with van der Waals surface area (Å²) in [5, 5.41) is 8.16. The van der Waals surface area contributed by atoms with Crippen LogP contribution in [-0.2, 0) is 13.1 Å². The van der Waals surface area contributed by atoms with Crippen molar-refractivity contribution in [3.05, 3.63) is 45.6 Å². The van der Waals surface area contributed by atoms with Crippen LogP contribution >= 0.6 is 11.6 Å². The lowest BCUT2D eigenvalue weighted by Gasteiger charge is -2.04. The van der Waals surface area contributed by atoms with E-state index in [-0.39, 0.29) is 5.69 Å². The molecule has 1 aromatic heterocycles. The van der Waals surface area contributed by atoms with E-state index in [4.69, 9.17) is 11.6 Å². The molecule has 2 rings (SSSR count). The number of nitrogens with zero attached hydrogens (tertiary/aromatic N) is 2. The Bertz CT molecular complexity index is 600. The topological polar surface area (TPSA) is 62.7 Å². The van der Waals surface area contributed by atoms with Gasteiger partial charge < -0.3 is 5.32 Å². The Morgan fingerprint density at radius 3 is 2.70 bits per heavy atom. The maximum atomic E-state index is 11.7. The molecule has 1 aromatic carbocycles. The molecule has 0 spiro atoms. The quantitative estimate of drug-likeness (QED) is 0.861. The third-order valence-corrected chi connectivity index (χ3v) is 3.20. The van der Waals surface area contributed by atoms with E-state index in [0.717, 1.165) is 12.1 Å². The molecule has 108 valence electrons. The fourth-order valence-electron chi connectivity index (χ4n) is 1.77. The zero-order chi connectivity index (χ0) is 14.5. The van der Waals surface area contributed by atoms with Crippen LogP contribution in [-0.4, -0.2) is 14.8 Å². The minimum atomic E-state index is -0.154. The molecule has 0 aliphatic heterocycles. The molecule has 0 aliphatic carbocycles. The molecule has 2 N–H and O–H groups in total. The molecule has 0 aliphatic rings. The van der Waals surface area contributed by atoms with Gasteiger partial charge in [-0.25, -0.2) is 9.48 Å². The average molecular weight is 295 g/mol. The summed E-state index contributed by atoms with van der Waals surface area (Å²) in [4.78, 5) is 14.5. The Morgan fingerprint density at radius 2 is 2.05 bits per heavy atom. The molecule has 6 heteroatoms. The summed E-state index contributed by atoms with van der Waals surface area (Å²) >= 11 is 5.82. The lowest BCUT2D eigenvalue weighted by molar-refractivity contribution is 0.476. The summed E-state index contributed by atoms with van der Waals surface area (Å²) in [7, 11) is 0. The largest absolute Gasteiger partial charge is 0.378 e. The number of hydrogen-bond donors (Lipinski definition) is 2. The highest BCUT2D eigenvalue weighted by Crippen LogP contribution is 2.13. The molecule has 2 aromatic rings. The number of rotatable bonds is 6. The fourth-order valence-corrected chi connectivity index (χ4v) is 1.90. The number of H-pyrrole nitrogens is 1. The Kier molecular flexibility index (Phi) is 4.84. The first-order chi connectivity index (χ1) is 9.54. The number of aromatic nitrogens is 3. The smallest absolute Gasteiger partial charge is 0.343 e. The van der Waals surface area contributed by atoms with Crippen LogP contribution in [0.4, 0.5) is 5.69 Å². The van der Waals surface area contributed by atoms with Crippen LogP contribution in [0.2, 0.25) is 5.02 Å². The molecule has 0 unspecified atom stereocenters. The van der Waals surface area contributed by atoms with Crippen molar-refractivity contribution in [3.63, 3.8) is 0 Å². The van der Waals surface area contributed by atoms with Crippen LogP contribution in [0.3, 0.4) is 0 Å². The zero-order valence-corrected chi connectivity index (χ0v) is 12.4. The number of aromatic amines is 1. The maximum Gasteiger partial charge on any atom is 0.343 e. The van der Waals surface area contributed by atoms with Crippen LogP contribution < -0.4 is 11.0 Å². The first-order valence-electron chi connectivity index (χ1n) is 6.70. The van der Waals surface area contributed by atoms with Crippen molar-refractivity contribution in [2.75, 3.05) is 5.32 Å². The normalized spacial score (nSPS) is 11.0. The second kappa shape index (κ2) is 6.61. The van der Waals surface area contributed by atoms with E-state index >= 15 is 0 Å². The Balaban J connectivity index is 1.95. The minimum Gasteiger partial charge on any atom is -0.378 e. The van der Waals surface area contributed by atoms with Gasteiger partial charge >= 0.3 is 5.69 Å². The second-order valence-electron chi connectivity index (χ2n) is 5.14. The number of benzene rings is 1. The van der Waals surface area contributed by atoms with Gasteiger partial charge in [-0.3, -0.25) is 4.98 Å². The monoisotopic (exact) mass is 294 g/mol. The van der Waals surface area contributed by atoms with Crippen LogP contribution in [0.15, 0.2) is 29.1 Å². The zero-order valence-electron chi connectivity index (χ0n) is 11.7. The average Bonchev–Trinajstić information content (AvgIpc) is 2.76. The van der Waals surface area contributed by atoms with Crippen molar-refractivity contribution in [3.8, 4) is 0 Å². The summed E-state index contributed by atoms with van der Waals surface area (Å²) in [6.07, 6.45) is 0.939. The van der Waals surface area contributed by atoms with Gasteiger partial charge in [0.05, 0.1) is 6.54 Å². The van der Waals surface area contributed by atoms with Gasteiger partial charge in [0, 0.05) is 17.3 Å². The second-order valence-corrected chi connectivity index (χ2v) is 5.58. The van der Waals surface area contributed by atoms with Gasteiger partial charge in [0.15, 0.2) is 0 Å². The van der Waals surface area contributed by atoms with Crippen molar-refractivity contribution < 1.29 is 0 Å². The SMILES string of the molecule is CC(C)CCn1nc(CNc2ccc(Cl)cc2)[nH]c1=O. The standard InChI is InChI=1S/C14H19ClN4O/c1-10(2)7-8-19-14(20)17-13(18-19)9-16-12-5-3-11(15)4-6-12/h3-6,10,16H,7-9H2,1-2H3,(H,17,18,20). The first-order valence-corrected chi connectivity index (χ1v) is 7.08. The first kappa shape index (κ1) is 14.7. The van der Waals surface area contributed by atoms with Gasteiger partial charge in [-0.05, 0) is 36.6 Å². The van der Waals surface area contributed by atoms with Crippen molar-refractivity contribution in [1.82, 2.24) is 14.8 Å². The molecule has 5 nitrogen and oxygen atoms in total. The molecular weight excluding hydrogens is 276 g/mol. The van der Waals surface area contributed by atoms with E-state index in [1.54, 1.807) is 0 Å². The number of aryl methyl sites for hydroxylation is 1. The number of anilines is 1. The highest BCUT2D eigenvalue weighted by molar-refractivity contribution is 6.30. The number of halogens is 1. The van der Waals surface area contributed by atoms with Crippen LogP contribution in [0.25, 0.3) is 0 Å². The van der Waals surface area contributed by atoms with Crippen LogP contribution in [0.5, 0.6) is 0 Å². The number of nitrogens with one attached hydrogen (secondary N) is 2. The van der Waals surface area contributed by atoms with Crippen molar-refractivity contribution >= 4 is 17.3 Å². The molecule has 1 heterocycles. The van der Waals surface area contributed by atoms with Gasteiger partial charge in [-0.15, -0.1) is 0 Å².